The van der Waals surface area contributed by atoms with E-state index >= 15 is 0 Å². The van der Waals surface area contributed by atoms with E-state index in [4.69, 9.17) is 9.57 Å². The van der Waals surface area contributed by atoms with Crippen LogP contribution in [-0.4, -0.2) is 37.0 Å². The van der Waals surface area contributed by atoms with Gasteiger partial charge in [-0.2, -0.15) is 0 Å². The molecule has 0 aromatic carbocycles. The average molecular weight is 366 g/mol. The SMILES string of the molecule is CC(C)[C@@H]1CC[C@@H](C)C[C@@]12OC(=O)[C@@H]1[C@H]3CC[C@H]([Si](C)(C)C)[C@H]3ON12. The Kier molecular flexibility index (Phi) is 4.17. The number of carbonyl (C=O) groups is 1. The number of hydroxylamine groups is 2. The molecule has 2 saturated carbocycles. The first-order valence-corrected chi connectivity index (χ1v) is 13.9. The minimum atomic E-state index is -1.30. The predicted molar refractivity (Wildman–Crippen MR) is 100 cm³/mol. The van der Waals surface area contributed by atoms with Crippen molar-refractivity contribution in [2.24, 2.45) is 23.7 Å². The normalized spacial score (nSPS) is 47.4. The summed E-state index contributed by atoms with van der Waals surface area (Å²) in [5.74, 6) is 1.79. The van der Waals surface area contributed by atoms with Gasteiger partial charge in [-0.3, -0.25) is 9.63 Å². The third-order valence-corrected chi connectivity index (χ3v) is 10.4. The van der Waals surface area contributed by atoms with Crippen molar-refractivity contribution < 1.29 is 14.4 Å². The minimum absolute atomic E-state index is 0.0107. The molecule has 1 spiro atoms. The molecule has 2 heterocycles. The molecule has 2 aliphatic heterocycles. The largest absolute Gasteiger partial charge is 0.440 e. The molecule has 25 heavy (non-hydrogen) atoms. The van der Waals surface area contributed by atoms with Gasteiger partial charge in [0, 0.05) is 18.3 Å². The van der Waals surface area contributed by atoms with Gasteiger partial charge in [-0.15, -0.1) is 5.06 Å². The summed E-state index contributed by atoms with van der Waals surface area (Å²) in [6.45, 7) is 14.2. The maximum atomic E-state index is 13.0. The lowest BCUT2D eigenvalue weighted by Crippen LogP contribution is -2.56. The highest BCUT2D eigenvalue weighted by atomic mass is 28.3. The van der Waals surface area contributed by atoms with E-state index in [9.17, 15) is 4.79 Å². The van der Waals surface area contributed by atoms with Gasteiger partial charge in [0.1, 0.15) is 6.04 Å². The van der Waals surface area contributed by atoms with Crippen LogP contribution in [0.25, 0.3) is 0 Å². The fourth-order valence-corrected chi connectivity index (χ4v) is 8.65. The summed E-state index contributed by atoms with van der Waals surface area (Å²) in [6, 6.07) is -0.155. The van der Waals surface area contributed by atoms with Crippen LogP contribution in [0.2, 0.25) is 25.2 Å². The van der Waals surface area contributed by atoms with Crippen LogP contribution < -0.4 is 0 Å². The van der Waals surface area contributed by atoms with Crippen LogP contribution in [0.3, 0.4) is 0 Å². The number of rotatable bonds is 2. The standard InChI is InChI=1S/C20H35NO3Si/c1-12(2)15-9-7-13(3)11-20(15)21-17(19(22)23-20)14-8-10-16(18(14)24-21)25(4,5)6/h12-18H,7-11H2,1-6H3/t13-,14-,15+,16+,17+,18+,20-/m1/s1. The van der Waals surface area contributed by atoms with Gasteiger partial charge >= 0.3 is 5.97 Å². The number of fused-ring (bicyclic) bond motifs is 4. The predicted octanol–water partition coefficient (Wildman–Crippen LogP) is 4.43. The number of esters is 1. The van der Waals surface area contributed by atoms with Crippen molar-refractivity contribution in [3.8, 4) is 0 Å². The molecule has 4 aliphatic rings. The van der Waals surface area contributed by atoms with Gasteiger partial charge in [-0.25, -0.2) is 0 Å². The summed E-state index contributed by atoms with van der Waals surface area (Å²) in [5.41, 5.74) is 0.147. The van der Waals surface area contributed by atoms with Crippen molar-refractivity contribution in [1.29, 1.82) is 0 Å². The molecule has 0 unspecified atom stereocenters. The second kappa shape index (κ2) is 5.80. The number of nitrogens with zero attached hydrogens (tertiary/aromatic N) is 1. The lowest BCUT2D eigenvalue weighted by atomic mass is 9.71. The van der Waals surface area contributed by atoms with E-state index in [1.54, 1.807) is 0 Å². The van der Waals surface area contributed by atoms with Crippen LogP contribution in [0, 0.1) is 23.7 Å². The zero-order valence-electron chi connectivity index (χ0n) is 16.7. The third-order valence-electron chi connectivity index (χ3n) is 7.52. The first kappa shape index (κ1) is 18.0. The van der Waals surface area contributed by atoms with Crippen LogP contribution >= 0.6 is 0 Å². The Morgan fingerprint density at radius 2 is 1.88 bits per heavy atom. The molecule has 142 valence electrons. The molecule has 4 fully saturated rings. The van der Waals surface area contributed by atoms with E-state index in [0.717, 1.165) is 19.3 Å². The number of ether oxygens (including phenoxy) is 1. The molecule has 2 saturated heterocycles. The van der Waals surface area contributed by atoms with E-state index in [2.05, 4.69) is 45.5 Å². The molecule has 0 bridgehead atoms. The van der Waals surface area contributed by atoms with Gasteiger partial charge in [-0.1, -0.05) is 46.8 Å². The maximum absolute atomic E-state index is 13.0. The molecule has 4 nitrogen and oxygen atoms in total. The second-order valence-corrected chi connectivity index (χ2v) is 16.0. The monoisotopic (exact) mass is 365 g/mol. The van der Waals surface area contributed by atoms with Crippen LogP contribution in [0.5, 0.6) is 0 Å². The van der Waals surface area contributed by atoms with E-state index in [0.29, 0.717) is 29.2 Å². The number of hydrogen-bond donors (Lipinski definition) is 0. The third kappa shape index (κ3) is 2.56. The zero-order valence-corrected chi connectivity index (χ0v) is 17.7. The molecular weight excluding hydrogens is 330 g/mol. The Bertz CT molecular complexity index is 560. The molecule has 0 amide bonds. The fraction of sp³-hybridized carbons (Fsp3) is 0.950. The molecule has 0 aromatic rings. The lowest BCUT2D eigenvalue weighted by Gasteiger charge is -2.48. The van der Waals surface area contributed by atoms with Crippen molar-refractivity contribution in [1.82, 2.24) is 5.06 Å². The second-order valence-electron chi connectivity index (χ2n) is 10.6. The molecule has 2 aliphatic carbocycles. The van der Waals surface area contributed by atoms with Crippen molar-refractivity contribution in [2.45, 2.75) is 95.9 Å². The summed E-state index contributed by atoms with van der Waals surface area (Å²) in [6.07, 6.45) is 5.87. The maximum Gasteiger partial charge on any atom is 0.328 e. The smallest absolute Gasteiger partial charge is 0.328 e. The Morgan fingerprint density at radius 1 is 1.16 bits per heavy atom. The van der Waals surface area contributed by atoms with Gasteiger partial charge in [-0.05, 0) is 36.6 Å². The van der Waals surface area contributed by atoms with Crippen molar-refractivity contribution in [3.63, 3.8) is 0 Å². The van der Waals surface area contributed by atoms with Crippen LogP contribution in [0.1, 0.15) is 52.9 Å². The minimum Gasteiger partial charge on any atom is -0.440 e. The molecule has 0 radical (unpaired) electrons. The van der Waals surface area contributed by atoms with E-state index in [-0.39, 0.29) is 18.1 Å². The molecular formula is C20H35NO3Si. The Hall–Kier alpha value is -0.393. The van der Waals surface area contributed by atoms with Crippen molar-refractivity contribution in [2.75, 3.05) is 0 Å². The molecule has 0 N–H and O–H groups in total. The summed E-state index contributed by atoms with van der Waals surface area (Å²) < 4.78 is 6.20. The van der Waals surface area contributed by atoms with Crippen LogP contribution in [0.4, 0.5) is 0 Å². The Labute approximate surface area is 153 Å². The molecule has 0 aromatic heterocycles. The van der Waals surface area contributed by atoms with E-state index < -0.39 is 13.8 Å². The molecule has 4 rings (SSSR count). The van der Waals surface area contributed by atoms with Crippen LogP contribution in [-0.2, 0) is 14.4 Å². The number of hydrogen-bond acceptors (Lipinski definition) is 4. The summed E-state index contributed by atoms with van der Waals surface area (Å²) >= 11 is 0. The zero-order chi connectivity index (χ0) is 18.1. The Morgan fingerprint density at radius 3 is 2.52 bits per heavy atom. The van der Waals surface area contributed by atoms with Gasteiger partial charge in [0.25, 0.3) is 0 Å². The molecule has 7 atom stereocenters. The average Bonchev–Trinajstić information content (AvgIpc) is 3.09. The Balaban J connectivity index is 1.69. The van der Waals surface area contributed by atoms with Gasteiger partial charge in [0.2, 0.25) is 0 Å². The van der Waals surface area contributed by atoms with E-state index in [1.807, 2.05) is 0 Å². The van der Waals surface area contributed by atoms with Crippen molar-refractivity contribution in [3.05, 3.63) is 0 Å². The summed E-state index contributed by atoms with van der Waals surface area (Å²) in [7, 11) is -1.30. The topological polar surface area (TPSA) is 38.8 Å². The summed E-state index contributed by atoms with van der Waals surface area (Å²) in [4.78, 5) is 19.6. The highest BCUT2D eigenvalue weighted by molar-refractivity contribution is 6.77. The first-order valence-electron chi connectivity index (χ1n) is 10.3. The van der Waals surface area contributed by atoms with Crippen molar-refractivity contribution >= 4 is 14.0 Å². The quantitative estimate of drug-likeness (QED) is 0.536. The summed E-state index contributed by atoms with van der Waals surface area (Å²) in [5, 5.41) is 2.09. The van der Waals surface area contributed by atoms with Gasteiger partial charge in [0.05, 0.1) is 14.2 Å². The number of carbonyl (C=O) groups excluding carboxylic acids is 1. The van der Waals surface area contributed by atoms with Gasteiger partial charge in [0.15, 0.2) is 5.72 Å². The highest BCUT2D eigenvalue weighted by Crippen LogP contribution is 2.58. The van der Waals surface area contributed by atoms with Crippen LogP contribution in [0.15, 0.2) is 0 Å². The fourth-order valence-electron chi connectivity index (χ4n) is 6.33. The van der Waals surface area contributed by atoms with Gasteiger partial charge < -0.3 is 4.74 Å². The van der Waals surface area contributed by atoms with E-state index in [1.165, 1.54) is 12.8 Å². The highest BCUT2D eigenvalue weighted by Gasteiger charge is 2.69. The lowest BCUT2D eigenvalue weighted by molar-refractivity contribution is -0.297. The first-order chi connectivity index (χ1) is 11.6. The molecule has 5 heteroatoms.